The topological polar surface area (TPSA) is 98.2 Å². The van der Waals surface area contributed by atoms with E-state index in [9.17, 15) is 13.2 Å². The Kier molecular flexibility index (Phi) is 6.72. The third-order valence-electron chi connectivity index (χ3n) is 2.92. The van der Waals surface area contributed by atoms with Gasteiger partial charge in [-0.1, -0.05) is 41.7 Å². The molecule has 130 valence electrons. The quantitative estimate of drug-likeness (QED) is 0.687. The van der Waals surface area contributed by atoms with Gasteiger partial charge in [0.05, 0.1) is 7.11 Å². The van der Waals surface area contributed by atoms with E-state index in [4.69, 9.17) is 4.74 Å². The molecule has 0 saturated heterocycles. The fraction of sp³-hybridized carbons (Fsp3) is 0.357. The van der Waals surface area contributed by atoms with Crippen LogP contribution in [0.15, 0.2) is 34.7 Å². The maximum atomic E-state index is 12.3. The minimum absolute atomic E-state index is 0.165. The van der Waals surface area contributed by atoms with Crippen molar-refractivity contribution >= 4 is 39.1 Å². The lowest BCUT2D eigenvalue weighted by atomic mass is 10.2. The molecule has 0 aliphatic heterocycles. The summed E-state index contributed by atoms with van der Waals surface area (Å²) in [7, 11) is -2.69. The van der Waals surface area contributed by atoms with E-state index < -0.39 is 22.0 Å². The highest BCUT2D eigenvalue weighted by Crippen LogP contribution is 2.17. The molecule has 1 aromatic carbocycles. The van der Waals surface area contributed by atoms with E-state index in [0.29, 0.717) is 10.8 Å². The first-order valence-corrected chi connectivity index (χ1v) is 10.4. The van der Waals surface area contributed by atoms with Crippen LogP contribution in [0.1, 0.15) is 10.6 Å². The number of thioether (sulfide) groups is 1. The molecule has 1 N–H and O–H groups in total. The van der Waals surface area contributed by atoms with E-state index in [0.717, 1.165) is 16.9 Å². The standard InChI is InChI=1S/C14H17N3O4S3/c1-10-15-16-14(23-10)24(19,20)17-12(13(18)21-2)9-22-8-11-6-4-3-5-7-11/h3-7,12,17H,8-9H2,1-2H3/t12-/m0/s1. The number of nitrogens with zero attached hydrogens (tertiary/aromatic N) is 2. The van der Waals surface area contributed by atoms with Gasteiger partial charge in [-0.15, -0.1) is 10.2 Å². The van der Waals surface area contributed by atoms with Crippen molar-refractivity contribution in [3.8, 4) is 0 Å². The smallest absolute Gasteiger partial charge is 0.324 e. The van der Waals surface area contributed by atoms with Gasteiger partial charge in [-0.3, -0.25) is 4.79 Å². The zero-order valence-corrected chi connectivity index (χ0v) is 15.6. The van der Waals surface area contributed by atoms with Crippen LogP contribution in [0, 0.1) is 6.92 Å². The zero-order valence-electron chi connectivity index (χ0n) is 13.1. The first kappa shape index (κ1) is 18.8. The molecule has 0 aliphatic rings. The molecule has 2 rings (SSSR count). The van der Waals surface area contributed by atoms with Crippen LogP contribution in [0.3, 0.4) is 0 Å². The number of methoxy groups -OCH3 is 1. The van der Waals surface area contributed by atoms with Crippen LogP contribution in [-0.4, -0.2) is 43.5 Å². The van der Waals surface area contributed by atoms with Gasteiger partial charge in [-0.05, 0) is 12.5 Å². The van der Waals surface area contributed by atoms with Crippen molar-refractivity contribution in [3.63, 3.8) is 0 Å². The largest absolute Gasteiger partial charge is 0.468 e. The molecule has 0 unspecified atom stereocenters. The molecule has 2 aromatic rings. The predicted octanol–water partition coefficient (Wildman–Crippen LogP) is 1.60. The summed E-state index contributed by atoms with van der Waals surface area (Å²) in [5, 5.41) is 7.83. The van der Waals surface area contributed by atoms with Crippen LogP contribution in [0.2, 0.25) is 0 Å². The van der Waals surface area contributed by atoms with Gasteiger partial charge in [0.2, 0.25) is 4.34 Å². The Labute approximate surface area is 148 Å². The summed E-state index contributed by atoms with van der Waals surface area (Å²) in [4.78, 5) is 11.9. The molecule has 0 aliphatic carbocycles. The van der Waals surface area contributed by atoms with Gasteiger partial charge in [0.15, 0.2) is 0 Å². The summed E-state index contributed by atoms with van der Waals surface area (Å²) in [5.41, 5.74) is 1.09. The minimum Gasteiger partial charge on any atom is -0.468 e. The Morgan fingerprint density at radius 2 is 2.04 bits per heavy atom. The summed E-state index contributed by atoms with van der Waals surface area (Å²) in [6.45, 7) is 1.66. The second-order valence-electron chi connectivity index (χ2n) is 4.78. The Balaban J connectivity index is 2.01. The number of carbonyl (C=O) groups is 1. The van der Waals surface area contributed by atoms with E-state index in [1.165, 1.54) is 18.9 Å². The third-order valence-corrected chi connectivity index (χ3v) is 6.70. The van der Waals surface area contributed by atoms with Crippen LogP contribution >= 0.6 is 23.1 Å². The van der Waals surface area contributed by atoms with Gasteiger partial charge in [-0.25, -0.2) is 8.42 Å². The van der Waals surface area contributed by atoms with E-state index in [2.05, 4.69) is 14.9 Å². The number of nitrogens with one attached hydrogen (secondary N) is 1. The van der Waals surface area contributed by atoms with Gasteiger partial charge in [0.25, 0.3) is 10.0 Å². The number of aryl methyl sites for hydroxylation is 1. The van der Waals surface area contributed by atoms with Gasteiger partial charge >= 0.3 is 5.97 Å². The average molecular weight is 388 g/mol. The van der Waals surface area contributed by atoms with Gasteiger partial charge in [-0.2, -0.15) is 16.5 Å². The Hall–Kier alpha value is -1.49. The summed E-state index contributed by atoms with van der Waals surface area (Å²) in [5.74, 6) is 0.271. The Morgan fingerprint density at radius 3 is 2.62 bits per heavy atom. The lowest BCUT2D eigenvalue weighted by Crippen LogP contribution is -2.43. The van der Waals surface area contributed by atoms with Gasteiger partial charge in [0, 0.05) is 11.5 Å². The number of aromatic nitrogens is 2. The second-order valence-corrected chi connectivity index (χ2v) is 8.88. The average Bonchev–Trinajstić information content (AvgIpc) is 3.01. The van der Waals surface area contributed by atoms with Crippen molar-refractivity contribution in [1.29, 1.82) is 0 Å². The second kappa shape index (κ2) is 8.56. The van der Waals surface area contributed by atoms with Crippen molar-refractivity contribution in [1.82, 2.24) is 14.9 Å². The molecular weight excluding hydrogens is 370 g/mol. The normalized spacial score (nSPS) is 12.8. The fourth-order valence-electron chi connectivity index (χ4n) is 1.79. The molecule has 0 fully saturated rings. The monoisotopic (exact) mass is 387 g/mol. The zero-order chi connectivity index (χ0) is 17.6. The molecule has 24 heavy (non-hydrogen) atoms. The van der Waals surface area contributed by atoms with E-state index in [-0.39, 0.29) is 10.1 Å². The lowest BCUT2D eigenvalue weighted by Gasteiger charge is -2.15. The molecule has 1 aromatic heterocycles. The summed E-state index contributed by atoms with van der Waals surface area (Å²) >= 11 is 2.38. The number of hydrogen-bond donors (Lipinski definition) is 1. The molecule has 1 atom stereocenters. The Bertz CT molecular complexity index is 778. The van der Waals surface area contributed by atoms with Crippen LogP contribution < -0.4 is 4.72 Å². The van der Waals surface area contributed by atoms with Crippen molar-refractivity contribution in [2.75, 3.05) is 12.9 Å². The molecular formula is C14H17N3O4S3. The highest BCUT2D eigenvalue weighted by molar-refractivity contribution is 7.98. The van der Waals surface area contributed by atoms with Crippen molar-refractivity contribution in [2.24, 2.45) is 0 Å². The van der Waals surface area contributed by atoms with Crippen molar-refractivity contribution in [2.45, 2.75) is 23.1 Å². The minimum atomic E-state index is -3.91. The molecule has 0 spiro atoms. The first-order chi connectivity index (χ1) is 11.4. The number of esters is 1. The van der Waals surface area contributed by atoms with Crippen molar-refractivity contribution < 1.29 is 17.9 Å². The molecule has 0 bridgehead atoms. The van der Waals surface area contributed by atoms with E-state index >= 15 is 0 Å². The summed E-state index contributed by atoms with van der Waals surface area (Å²) < 4.78 is 31.4. The summed E-state index contributed by atoms with van der Waals surface area (Å²) in [6, 6.07) is 8.71. The highest BCUT2D eigenvalue weighted by atomic mass is 32.2. The number of sulfonamides is 1. The summed E-state index contributed by atoms with van der Waals surface area (Å²) in [6.07, 6.45) is 0. The van der Waals surface area contributed by atoms with E-state index in [1.54, 1.807) is 6.92 Å². The molecule has 7 nitrogen and oxygen atoms in total. The molecule has 1 heterocycles. The Morgan fingerprint density at radius 1 is 1.33 bits per heavy atom. The molecule has 0 amide bonds. The third kappa shape index (κ3) is 5.26. The van der Waals surface area contributed by atoms with Gasteiger partial charge < -0.3 is 4.74 Å². The number of rotatable bonds is 8. The van der Waals surface area contributed by atoms with Gasteiger partial charge in [0.1, 0.15) is 11.0 Å². The molecule has 0 saturated carbocycles. The number of carbonyl (C=O) groups excluding carboxylic acids is 1. The maximum Gasteiger partial charge on any atom is 0.324 e. The fourth-order valence-corrected chi connectivity index (χ4v) is 5.06. The maximum absolute atomic E-state index is 12.3. The van der Waals surface area contributed by atoms with Crippen LogP contribution in [0.4, 0.5) is 0 Å². The van der Waals surface area contributed by atoms with Crippen LogP contribution in [-0.2, 0) is 25.3 Å². The lowest BCUT2D eigenvalue weighted by molar-refractivity contribution is -0.141. The number of hydrogen-bond acceptors (Lipinski definition) is 8. The molecule has 0 radical (unpaired) electrons. The van der Waals surface area contributed by atoms with Crippen molar-refractivity contribution in [3.05, 3.63) is 40.9 Å². The molecule has 10 heteroatoms. The van der Waals surface area contributed by atoms with Crippen LogP contribution in [0.5, 0.6) is 0 Å². The highest BCUT2D eigenvalue weighted by Gasteiger charge is 2.28. The van der Waals surface area contributed by atoms with Crippen LogP contribution in [0.25, 0.3) is 0 Å². The first-order valence-electron chi connectivity index (χ1n) is 6.94. The number of benzene rings is 1. The van der Waals surface area contributed by atoms with E-state index in [1.807, 2.05) is 30.3 Å². The predicted molar refractivity (Wildman–Crippen MR) is 93.4 cm³/mol. The number of ether oxygens (including phenoxy) is 1. The SMILES string of the molecule is COC(=O)[C@H](CSCc1ccccc1)NS(=O)(=O)c1nnc(C)s1.